The predicted octanol–water partition coefficient (Wildman–Crippen LogP) is 4.42. The molecule has 5 rings (SSSR count). The van der Waals surface area contributed by atoms with Crippen LogP contribution in [0.25, 0.3) is 5.69 Å². The predicted molar refractivity (Wildman–Crippen MR) is 147 cm³/mol. The van der Waals surface area contributed by atoms with Crippen molar-refractivity contribution in [3.8, 4) is 17.2 Å². The number of dihydropyridines is 1. The number of benzene rings is 2. The molecule has 0 radical (unpaired) electrons. The van der Waals surface area contributed by atoms with Crippen molar-refractivity contribution < 1.29 is 23.8 Å². The van der Waals surface area contributed by atoms with Crippen LogP contribution in [0.5, 0.6) is 11.5 Å². The maximum absolute atomic E-state index is 13.5. The van der Waals surface area contributed by atoms with Gasteiger partial charge in [0.15, 0.2) is 29.7 Å². The van der Waals surface area contributed by atoms with Crippen LogP contribution in [0.1, 0.15) is 57.8 Å². The van der Waals surface area contributed by atoms with Crippen molar-refractivity contribution in [1.29, 1.82) is 0 Å². The van der Waals surface area contributed by atoms with Crippen molar-refractivity contribution in [2.24, 2.45) is 5.41 Å². The highest BCUT2D eigenvalue weighted by atomic mass is 16.5. The molecule has 1 aromatic heterocycles. The number of hydrogen-bond acceptors (Lipinski definition) is 9. The molecule has 3 aromatic rings. The standard InChI is InChI=1S/C30H33N5O5/c1-6-39-29(37)26-18(2)31-21-15-30(3,4)16-22(36)28(21)27(26)19-12-13-23(24(14-19)38-5)40-17-25-32-33-34-35(25)20-10-8-7-9-11-20/h7-14,27,31H,6,15-17H2,1-5H3/t27-/m1/s1. The zero-order valence-electron chi connectivity index (χ0n) is 23.4. The Hall–Kier alpha value is -4.47. The van der Waals surface area contributed by atoms with E-state index in [0.717, 1.165) is 16.9 Å². The molecule has 1 aliphatic carbocycles. The van der Waals surface area contributed by atoms with Gasteiger partial charge in [-0.3, -0.25) is 4.79 Å². The summed E-state index contributed by atoms with van der Waals surface area (Å²) in [6.45, 7) is 8.10. The molecule has 0 fully saturated rings. The van der Waals surface area contributed by atoms with E-state index in [1.54, 1.807) is 24.8 Å². The van der Waals surface area contributed by atoms with Crippen molar-refractivity contribution in [1.82, 2.24) is 25.5 Å². The molecule has 0 bridgehead atoms. The molecule has 1 N–H and O–H groups in total. The number of esters is 1. The largest absolute Gasteiger partial charge is 0.493 e. The number of carbonyl (C=O) groups excluding carboxylic acids is 2. The maximum atomic E-state index is 13.5. The number of tetrazole rings is 1. The van der Waals surface area contributed by atoms with Gasteiger partial charge in [-0.25, -0.2) is 4.79 Å². The Morgan fingerprint density at radius 3 is 2.62 bits per heavy atom. The SMILES string of the molecule is CCOC(=O)C1=C(C)NC2=C(C(=O)CC(C)(C)C2)[C@@H]1c1ccc(OCc2nnnn2-c2ccccc2)c(OC)c1. The van der Waals surface area contributed by atoms with Gasteiger partial charge >= 0.3 is 5.97 Å². The minimum absolute atomic E-state index is 0.0186. The summed E-state index contributed by atoms with van der Waals surface area (Å²) in [6, 6.07) is 15.0. The van der Waals surface area contributed by atoms with Gasteiger partial charge in [0.05, 0.1) is 25.0 Å². The lowest BCUT2D eigenvalue weighted by molar-refractivity contribution is -0.138. The van der Waals surface area contributed by atoms with Crippen molar-refractivity contribution in [2.45, 2.75) is 53.1 Å². The number of para-hydroxylation sites is 1. The van der Waals surface area contributed by atoms with E-state index in [4.69, 9.17) is 14.2 Å². The van der Waals surface area contributed by atoms with Crippen molar-refractivity contribution in [3.05, 3.63) is 82.5 Å². The highest BCUT2D eigenvalue weighted by molar-refractivity contribution is 6.04. The van der Waals surface area contributed by atoms with E-state index in [0.29, 0.717) is 47.0 Å². The minimum Gasteiger partial charge on any atom is -0.493 e. The maximum Gasteiger partial charge on any atom is 0.336 e. The number of Topliss-reactive ketones (excluding diaryl/α,β-unsaturated/α-hetero) is 1. The molecule has 2 aromatic carbocycles. The van der Waals surface area contributed by atoms with Gasteiger partial charge in [0.25, 0.3) is 0 Å². The molecule has 1 aliphatic heterocycles. The molecular formula is C30H33N5O5. The number of hydrogen-bond donors (Lipinski definition) is 1. The Kier molecular flexibility index (Phi) is 7.42. The van der Waals surface area contributed by atoms with Crippen LogP contribution in [0.2, 0.25) is 0 Å². The van der Waals surface area contributed by atoms with Crippen molar-refractivity contribution >= 4 is 11.8 Å². The molecule has 0 spiro atoms. The van der Waals surface area contributed by atoms with Gasteiger partial charge in [0.1, 0.15) is 0 Å². The van der Waals surface area contributed by atoms with Crippen LogP contribution in [0, 0.1) is 5.41 Å². The fourth-order valence-electron chi connectivity index (χ4n) is 5.44. The molecule has 10 nitrogen and oxygen atoms in total. The summed E-state index contributed by atoms with van der Waals surface area (Å²) in [5.41, 5.74) is 3.93. The fourth-order valence-corrected chi connectivity index (χ4v) is 5.44. The highest BCUT2D eigenvalue weighted by Gasteiger charge is 2.43. The summed E-state index contributed by atoms with van der Waals surface area (Å²) in [5, 5.41) is 15.3. The zero-order valence-corrected chi connectivity index (χ0v) is 23.4. The van der Waals surface area contributed by atoms with E-state index < -0.39 is 11.9 Å². The lowest BCUT2D eigenvalue weighted by Crippen LogP contribution is -2.38. The number of methoxy groups -OCH3 is 1. The number of nitrogens with zero attached hydrogens (tertiary/aromatic N) is 4. The number of allylic oxidation sites excluding steroid dienone is 3. The molecule has 0 unspecified atom stereocenters. The second-order valence-corrected chi connectivity index (χ2v) is 10.7. The van der Waals surface area contributed by atoms with Gasteiger partial charge in [0.2, 0.25) is 0 Å². The van der Waals surface area contributed by atoms with Crippen LogP contribution in [-0.2, 0) is 20.9 Å². The van der Waals surface area contributed by atoms with Gasteiger partial charge in [-0.1, -0.05) is 38.1 Å². The highest BCUT2D eigenvalue weighted by Crippen LogP contribution is 2.48. The molecular weight excluding hydrogens is 510 g/mol. The second kappa shape index (κ2) is 11.0. The summed E-state index contributed by atoms with van der Waals surface area (Å²) in [7, 11) is 1.55. The third-order valence-corrected chi connectivity index (χ3v) is 7.15. The Morgan fingerprint density at radius 2 is 1.90 bits per heavy atom. The third kappa shape index (κ3) is 5.21. The summed E-state index contributed by atoms with van der Waals surface area (Å²) in [6.07, 6.45) is 1.10. The first-order valence-corrected chi connectivity index (χ1v) is 13.3. The molecule has 0 amide bonds. The number of ketones is 1. The average Bonchev–Trinajstić information content (AvgIpc) is 3.39. The Bertz CT molecular complexity index is 1510. The topological polar surface area (TPSA) is 117 Å². The Morgan fingerprint density at radius 1 is 1.12 bits per heavy atom. The zero-order chi connectivity index (χ0) is 28.4. The summed E-state index contributed by atoms with van der Waals surface area (Å²) < 4.78 is 18.8. The van der Waals surface area contributed by atoms with Crippen LogP contribution in [-0.4, -0.2) is 45.7 Å². The lowest BCUT2D eigenvalue weighted by Gasteiger charge is -2.39. The fraction of sp³-hybridized carbons (Fsp3) is 0.367. The molecule has 10 heteroatoms. The molecule has 2 aliphatic rings. The van der Waals surface area contributed by atoms with Gasteiger partial charge in [-0.15, -0.1) is 5.10 Å². The van der Waals surface area contributed by atoms with Crippen LogP contribution in [0.3, 0.4) is 0 Å². The number of carbonyl (C=O) groups is 2. The molecule has 0 saturated carbocycles. The van der Waals surface area contributed by atoms with Crippen LogP contribution in [0.4, 0.5) is 0 Å². The minimum atomic E-state index is -0.591. The van der Waals surface area contributed by atoms with Gasteiger partial charge < -0.3 is 19.5 Å². The van der Waals surface area contributed by atoms with Crippen LogP contribution >= 0.6 is 0 Å². The van der Waals surface area contributed by atoms with Gasteiger partial charge in [0, 0.05) is 29.3 Å². The van der Waals surface area contributed by atoms with Crippen molar-refractivity contribution in [3.63, 3.8) is 0 Å². The lowest BCUT2D eigenvalue weighted by atomic mass is 9.68. The third-order valence-electron chi connectivity index (χ3n) is 7.15. The van der Waals surface area contributed by atoms with E-state index in [1.807, 2.05) is 49.4 Å². The van der Waals surface area contributed by atoms with E-state index in [-0.39, 0.29) is 24.4 Å². The molecule has 2 heterocycles. The quantitative estimate of drug-likeness (QED) is 0.412. The van der Waals surface area contributed by atoms with E-state index in [1.165, 1.54) is 0 Å². The van der Waals surface area contributed by atoms with Crippen molar-refractivity contribution in [2.75, 3.05) is 13.7 Å². The van der Waals surface area contributed by atoms with E-state index in [9.17, 15) is 9.59 Å². The Labute approximate surface area is 233 Å². The summed E-state index contributed by atoms with van der Waals surface area (Å²) in [5.74, 6) is 0.433. The number of aromatic nitrogens is 4. The van der Waals surface area contributed by atoms with E-state index in [2.05, 4.69) is 34.7 Å². The second-order valence-electron chi connectivity index (χ2n) is 10.7. The van der Waals surface area contributed by atoms with Gasteiger partial charge in [-0.2, -0.15) is 4.68 Å². The number of rotatable bonds is 8. The van der Waals surface area contributed by atoms with Crippen LogP contribution < -0.4 is 14.8 Å². The Balaban J connectivity index is 1.49. The monoisotopic (exact) mass is 543 g/mol. The van der Waals surface area contributed by atoms with E-state index >= 15 is 0 Å². The summed E-state index contributed by atoms with van der Waals surface area (Å²) in [4.78, 5) is 26.7. The molecule has 1 atom stereocenters. The molecule has 40 heavy (non-hydrogen) atoms. The smallest absolute Gasteiger partial charge is 0.336 e. The molecule has 208 valence electrons. The number of nitrogens with one attached hydrogen (secondary N) is 1. The first-order chi connectivity index (χ1) is 19.2. The van der Waals surface area contributed by atoms with Crippen LogP contribution in [0.15, 0.2) is 71.1 Å². The first-order valence-electron chi connectivity index (χ1n) is 13.3. The summed E-state index contributed by atoms with van der Waals surface area (Å²) >= 11 is 0. The first kappa shape index (κ1) is 27.1. The average molecular weight is 544 g/mol. The normalized spacial score (nSPS) is 18.2. The molecule has 0 saturated heterocycles. The van der Waals surface area contributed by atoms with Gasteiger partial charge in [-0.05, 0) is 65.9 Å². The number of ether oxygens (including phenoxy) is 3.